The molecule has 1 N–H and O–H groups in total. The number of benzene rings is 1. The second-order valence-electron chi connectivity index (χ2n) is 7.56. The number of rotatable bonds is 4. The molecule has 0 saturated carbocycles. The zero-order chi connectivity index (χ0) is 17.4. The molecular weight excluding hydrogens is 312 g/mol. The molecule has 3 heterocycles. The number of nitrogens with zero attached hydrogens (tertiary/aromatic N) is 1. The quantitative estimate of drug-likeness (QED) is 0.840. The van der Waals surface area contributed by atoms with Crippen LogP contribution in [0.25, 0.3) is 10.9 Å². The molecule has 25 heavy (non-hydrogen) atoms. The smallest absolute Gasteiger partial charge is 0.305 e. The Morgan fingerprint density at radius 1 is 1.36 bits per heavy atom. The van der Waals surface area contributed by atoms with Gasteiger partial charge in [0, 0.05) is 29.6 Å². The van der Waals surface area contributed by atoms with Gasteiger partial charge in [0.2, 0.25) is 0 Å². The molecule has 2 aliphatic heterocycles. The summed E-state index contributed by atoms with van der Waals surface area (Å²) in [5, 5.41) is 1.39. The van der Waals surface area contributed by atoms with Crippen LogP contribution in [0.15, 0.2) is 24.3 Å². The van der Waals surface area contributed by atoms with Gasteiger partial charge in [0.15, 0.2) is 0 Å². The monoisotopic (exact) mass is 340 g/mol. The standard InChI is InChI=1S/C21H28N2O2/c1-3-14-13-23-12-6-7-15(10-11-18(24)25-2)21(23)20-19(14)16-8-4-5-9-17(16)22-20/h4-5,8-9,14-15,21-22H,3,6-7,10-13H2,1-2H3/t14?,15-,21?/m0/s1. The molecule has 2 aromatic rings. The summed E-state index contributed by atoms with van der Waals surface area (Å²) in [5.74, 6) is 1.04. The van der Waals surface area contributed by atoms with Gasteiger partial charge in [-0.1, -0.05) is 25.1 Å². The van der Waals surface area contributed by atoms with Crippen molar-refractivity contribution in [2.24, 2.45) is 5.92 Å². The maximum Gasteiger partial charge on any atom is 0.305 e. The minimum atomic E-state index is -0.0868. The van der Waals surface area contributed by atoms with Gasteiger partial charge in [0.1, 0.15) is 0 Å². The third-order valence-electron chi connectivity index (χ3n) is 6.24. The molecule has 1 aromatic heterocycles. The normalized spacial score (nSPS) is 26.2. The van der Waals surface area contributed by atoms with Crippen LogP contribution in [0.2, 0.25) is 0 Å². The lowest BCUT2D eigenvalue weighted by Crippen LogP contribution is -2.44. The SMILES string of the molecule is CCC1CN2CCC[C@@H](CCC(=O)OC)C2c2[nH]c3ccccc3c21. The van der Waals surface area contributed by atoms with Crippen LogP contribution in [-0.4, -0.2) is 36.1 Å². The lowest BCUT2D eigenvalue weighted by Gasteiger charge is -2.46. The number of para-hydroxylation sites is 1. The van der Waals surface area contributed by atoms with E-state index in [-0.39, 0.29) is 5.97 Å². The van der Waals surface area contributed by atoms with Crippen LogP contribution in [0.4, 0.5) is 0 Å². The van der Waals surface area contributed by atoms with E-state index >= 15 is 0 Å². The van der Waals surface area contributed by atoms with Gasteiger partial charge in [0.25, 0.3) is 0 Å². The summed E-state index contributed by atoms with van der Waals surface area (Å²) in [7, 11) is 1.48. The van der Waals surface area contributed by atoms with E-state index in [2.05, 4.69) is 41.1 Å². The molecule has 134 valence electrons. The second kappa shape index (κ2) is 6.83. The van der Waals surface area contributed by atoms with Crippen LogP contribution in [0.5, 0.6) is 0 Å². The number of H-pyrrole nitrogens is 1. The van der Waals surface area contributed by atoms with E-state index in [0.717, 1.165) is 13.0 Å². The van der Waals surface area contributed by atoms with Gasteiger partial charge in [-0.25, -0.2) is 0 Å². The Hall–Kier alpha value is -1.81. The van der Waals surface area contributed by atoms with Crippen molar-refractivity contribution in [3.05, 3.63) is 35.5 Å². The Morgan fingerprint density at radius 3 is 3.00 bits per heavy atom. The fourth-order valence-corrected chi connectivity index (χ4v) is 5.05. The van der Waals surface area contributed by atoms with Crippen LogP contribution in [0, 0.1) is 5.92 Å². The predicted molar refractivity (Wildman–Crippen MR) is 99.6 cm³/mol. The van der Waals surface area contributed by atoms with Crippen molar-refractivity contribution in [2.45, 2.75) is 51.0 Å². The minimum Gasteiger partial charge on any atom is -0.469 e. The summed E-state index contributed by atoms with van der Waals surface area (Å²) < 4.78 is 4.87. The van der Waals surface area contributed by atoms with Gasteiger partial charge >= 0.3 is 5.97 Å². The average molecular weight is 340 g/mol. The first kappa shape index (κ1) is 16.6. The van der Waals surface area contributed by atoms with Gasteiger partial charge in [-0.15, -0.1) is 0 Å². The number of esters is 1. The Kier molecular flexibility index (Phi) is 4.55. The number of hydrogen-bond donors (Lipinski definition) is 1. The summed E-state index contributed by atoms with van der Waals surface area (Å²) in [6.07, 6.45) is 5.04. The molecule has 4 heteroatoms. The number of methoxy groups -OCH3 is 1. The van der Waals surface area contributed by atoms with E-state index in [1.807, 2.05) is 0 Å². The molecule has 4 nitrogen and oxygen atoms in total. The summed E-state index contributed by atoms with van der Waals surface area (Å²) in [5.41, 5.74) is 4.20. The Labute approximate surface area is 149 Å². The first-order valence-corrected chi connectivity index (χ1v) is 9.64. The summed E-state index contributed by atoms with van der Waals surface area (Å²) in [6, 6.07) is 9.12. The van der Waals surface area contributed by atoms with Crippen molar-refractivity contribution in [1.29, 1.82) is 0 Å². The number of hydrogen-bond acceptors (Lipinski definition) is 3. The summed E-state index contributed by atoms with van der Waals surface area (Å²) >= 11 is 0. The van der Waals surface area contributed by atoms with E-state index < -0.39 is 0 Å². The molecule has 1 saturated heterocycles. The number of nitrogens with one attached hydrogen (secondary N) is 1. The lowest BCUT2D eigenvalue weighted by atomic mass is 9.77. The van der Waals surface area contributed by atoms with E-state index in [9.17, 15) is 4.79 Å². The van der Waals surface area contributed by atoms with E-state index in [4.69, 9.17) is 4.74 Å². The van der Waals surface area contributed by atoms with Crippen molar-refractivity contribution in [2.75, 3.05) is 20.2 Å². The van der Waals surface area contributed by atoms with Crippen LogP contribution < -0.4 is 0 Å². The van der Waals surface area contributed by atoms with Crippen molar-refractivity contribution in [1.82, 2.24) is 9.88 Å². The molecule has 2 unspecified atom stereocenters. The second-order valence-corrected chi connectivity index (χ2v) is 7.56. The highest BCUT2D eigenvalue weighted by Gasteiger charge is 2.41. The van der Waals surface area contributed by atoms with Gasteiger partial charge < -0.3 is 9.72 Å². The number of fused-ring (bicyclic) bond motifs is 5. The number of aromatic amines is 1. The van der Waals surface area contributed by atoms with Gasteiger partial charge in [-0.3, -0.25) is 9.69 Å². The van der Waals surface area contributed by atoms with Gasteiger partial charge in [-0.05, 0) is 55.7 Å². The van der Waals surface area contributed by atoms with E-state index in [1.54, 1.807) is 0 Å². The van der Waals surface area contributed by atoms with Crippen LogP contribution >= 0.6 is 0 Å². The molecule has 0 spiro atoms. The fraction of sp³-hybridized carbons (Fsp3) is 0.571. The number of aromatic nitrogens is 1. The average Bonchev–Trinajstić information content (AvgIpc) is 3.04. The topological polar surface area (TPSA) is 45.3 Å². The molecule has 0 bridgehead atoms. The highest BCUT2D eigenvalue weighted by Crippen LogP contribution is 2.48. The van der Waals surface area contributed by atoms with E-state index in [0.29, 0.717) is 24.3 Å². The molecule has 2 aliphatic rings. The fourth-order valence-electron chi connectivity index (χ4n) is 5.05. The summed E-state index contributed by atoms with van der Waals surface area (Å²) in [6.45, 7) is 4.62. The molecule has 0 aliphatic carbocycles. The van der Waals surface area contributed by atoms with Crippen molar-refractivity contribution in [3.8, 4) is 0 Å². The van der Waals surface area contributed by atoms with E-state index in [1.165, 1.54) is 55.1 Å². The first-order valence-electron chi connectivity index (χ1n) is 9.64. The van der Waals surface area contributed by atoms with Gasteiger partial charge in [-0.2, -0.15) is 0 Å². The van der Waals surface area contributed by atoms with Gasteiger partial charge in [0.05, 0.1) is 13.2 Å². The zero-order valence-electron chi connectivity index (χ0n) is 15.3. The maximum absolute atomic E-state index is 11.7. The van der Waals surface area contributed by atoms with Crippen LogP contribution in [0.3, 0.4) is 0 Å². The Bertz CT molecular complexity index is 766. The number of carbonyl (C=O) groups excluding carboxylic acids is 1. The highest BCUT2D eigenvalue weighted by molar-refractivity contribution is 5.85. The molecule has 0 radical (unpaired) electrons. The molecular formula is C21H28N2O2. The third kappa shape index (κ3) is 2.86. The number of ether oxygens (including phenoxy) is 1. The molecule has 4 rings (SSSR count). The zero-order valence-corrected chi connectivity index (χ0v) is 15.3. The maximum atomic E-state index is 11.7. The summed E-state index contributed by atoms with van der Waals surface area (Å²) in [4.78, 5) is 18.1. The molecule has 1 aromatic carbocycles. The van der Waals surface area contributed by atoms with Crippen molar-refractivity contribution < 1.29 is 9.53 Å². The largest absolute Gasteiger partial charge is 0.469 e. The predicted octanol–water partition coefficient (Wildman–Crippen LogP) is 4.38. The molecule has 0 amide bonds. The van der Waals surface area contributed by atoms with Crippen molar-refractivity contribution in [3.63, 3.8) is 0 Å². The van der Waals surface area contributed by atoms with Crippen molar-refractivity contribution >= 4 is 16.9 Å². The molecule has 1 fully saturated rings. The number of carbonyl (C=O) groups is 1. The lowest BCUT2D eigenvalue weighted by molar-refractivity contribution is -0.141. The minimum absolute atomic E-state index is 0.0868. The number of piperidine rings is 1. The molecule has 3 atom stereocenters. The highest BCUT2D eigenvalue weighted by atomic mass is 16.5. The van der Waals surface area contributed by atoms with Crippen LogP contribution in [-0.2, 0) is 9.53 Å². The first-order chi connectivity index (χ1) is 12.2. The third-order valence-corrected chi connectivity index (χ3v) is 6.24. The Morgan fingerprint density at radius 2 is 2.20 bits per heavy atom. The Balaban J connectivity index is 1.73. The van der Waals surface area contributed by atoms with Crippen LogP contribution in [0.1, 0.15) is 62.2 Å².